The summed E-state index contributed by atoms with van der Waals surface area (Å²) >= 11 is 6.19. The number of halogens is 1. The number of amides is 1. The Labute approximate surface area is 181 Å². The van der Waals surface area contributed by atoms with Crippen LogP contribution in [0.3, 0.4) is 0 Å². The molecule has 7 heteroatoms. The van der Waals surface area contributed by atoms with Crippen LogP contribution >= 0.6 is 11.6 Å². The van der Waals surface area contributed by atoms with E-state index in [0.717, 1.165) is 16.7 Å². The lowest BCUT2D eigenvalue weighted by atomic mass is 9.81. The van der Waals surface area contributed by atoms with Crippen LogP contribution in [0.4, 0.5) is 0 Å². The van der Waals surface area contributed by atoms with Gasteiger partial charge >= 0.3 is 5.97 Å². The minimum absolute atomic E-state index is 0.116. The topological polar surface area (TPSA) is 84.9 Å². The molecule has 1 aliphatic heterocycles. The first-order valence-corrected chi connectivity index (χ1v) is 10.2. The summed E-state index contributed by atoms with van der Waals surface area (Å²) in [4.78, 5) is 22.9. The largest absolute Gasteiger partial charge is 0.482 e. The van der Waals surface area contributed by atoms with Crippen molar-refractivity contribution in [2.45, 2.75) is 51.4 Å². The number of carboxylic acids is 1. The minimum atomic E-state index is -1.05. The van der Waals surface area contributed by atoms with Gasteiger partial charge in [0, 0.05) is 35.9 Å². The van der Waals surface area contributed by atoms with Crippen molar-refractivity contribution in [3.8, 4) is 5.75 Å². The Morgan fingerprint density at radius 2 is 1.97 bits per heavy atom. The molecule has 6 nitrogen and oxygen atoms in total. The lowest BCUT2D eigenvalue weighted by Gasteiger charge is -2.43. The fourth-order valence-corrected chi connectivity index (χ4v) is 4.18. The number of aliphatic carboxylic acids is 1. The van der Waals surface area contributed by atoms with Crippen molar-refractivity contribution in [2.24, 2.45) is 0 Å². The van der Waals surface area contributed by atoms with E-state index in [1.165, 1.54) is 6.92 Å². The summed E-state index contributed by atoms with van der Waals surface area (Å²) in [5.74, 6) is -0.694. The van der Waals surface area contributed by atoms with Crippen molar-refractivity contribution in [2.75, 3.05) is 6.61 Å². The molecule has 0 aliphatic carbocycles. The number of hydrogen-bond acceptors (Lipinski definition) is 4. The van der Waals surface area contributed by atoms with Crippen LogP contribution in [-0.4, -0.2) is 29.1 Å². The number of hydrogen-bond donors (Lipinski definition) is 2. The Hall–Kier alpha value is -2.57. The average Bonchev–Trinajstić information content (AvgIpc) is 2.65. The van der Waals surface area contributed by atoms with Crippen molar-refractivity contribution < 1.29 is 24.2 Å². The van der Waals surface area contributed by atoms with Crippen LogP contribution in [0.5, 0.6) is 5.75 Å². The maximum absolute atomic E-state index is 11.9. The van der Waals surface area contributed by atoms with E-state index in [1.807, 2.05) is 44.2 Å². The van der Waals surface area contributed by atoms with Crippen LogP contribution in [0.2, 0.25) is 5.02 Å². The molecule has 1 aliphatic rings. The Bertz CT molecular complexity index is 947. The van der Waals surface area contributed by atoms with Gasteiger partial charge in [0.25, 0.3) is 0 Å². The number of carboxylic acid groups (broad SMARTS) is 1. The summed E-state index contributed by atoms with van der Waals surface area (Å²) < 4.78 is 12.0. The summed E-state index contributed by atoms with van der Waals surface area (Å²) in [6.45, 7) is 4.96. The fourth-order valence-electron chi connectivity index (χ4n) is 3.98. The minimum Gasteiger partial charge on any atom is -0.482 e. The molecule has 1 amide bonds. The lowest BCUT2D eigenvalue weighted by molar-refractivity contribution is -0.139. The molecule has 1 fully saturated rings. The third-order valence-corrected chi connectivity index (χ3v) is 5.40. The second-order valence-corrected chi connectivity index (χ2v) is 8.48. The molecule has 1 saturated heterocycles. The van der Waals surface area contributed by atoms with E-state index in [4.69, 9.17) is 26.2 Å². The molecule has 160 valence electrons. The van der Waals surface area contributed by atoms with Crippen LogP contribution in [0, 0.1) is 6.92 Å². The highest BCUT2D eigenvalue weighted by Gasteiger charge is 2.40. The van der Waals surface area contributed by atoms with Crippen LogP contribution < -0.4 is 10.1 Å². The summed E-state index contributed by atoms with van der Waals surface area (Å²) in [5, 5.41) is 12.7. The predicted molar refractivity (Wildman–Crippen MR) is 114 cm³/mol. The van der Waals surface area contributed by atoms with E-state index in [0.29, 0.717) is 23.6 Å². The number of aryl methyl sites for hydroxylation is 1. The highest BCUT2D eigenvalue weighted by Crippen LogP contribution is 2.46. The zero-order valence-electron chi connectivity index (χ0n) is 17.3. The summed E-state index contributed by atoms with van der Waals surface area (Å²) in [5.41, 5.74) is 2.11. The van der Waals surface area contributed by atoms with Gasteiger partial charge in [-0.25, -0.2) is 4.79 Å². The molecule has 0 unspecified atom stereocenters. The number of benzene rings is 2. The molecule has 30 heavy (non-hydrogen) atoms. The average molecular weight is 432 g/mol. The first-order valence-electron chi connectivity index (χ1n) is 9.80. The maximum atomic E-state index is 11.9. The third-order valence-electron chi connectivity index (χ3n) is 5.17. The first-order chi connectivity index (χ1) is 14.1. The van der Waals surface area contributed by atoms with E-state index in [1.54, 1.807) is 12.1 Å². The zero-order chi connectivity index (χ0) is 21.9. The molecule has 2 aromatic carbocycles. The van der Waals surface area contributed by atoms with Gasteiger partial charge < -0.3 is 19.9 Å². The number of carbonyl (C=O) groups is 2. The second kappa shape index (κ2) is 9.06. The molecule has 3 atom stereocenters. The predicted octanol–water partition coefficient (Wildman–Crippen LogP) is 4.60. The van der Waals surface area contributed by atoms with E-state index in [9.17, 15) is 9.59 Å². The van der Waals surface area contributed by atoms with Gasteiger partial charge in [-0.3, -0.25) is 4.79 Å². The molecular formula is C23H26ClNO5. The number of carbonyl (C=O) groups excluding carboxylic acids is 1. The maximum Gasteiger partial charge on any atom is 0.341 e. The van der Waals surface area contributed by atoms with Crippen LogP contribution in [-0.2, 0) is 14.3 Å². The molecule has 0 radical (unpaired) electrons. The van der Waals surface area contributed by atoms with Crippen molar-refractivity contribution >= 4 is 23.5 Å². The summed E-state index contributed by atoms with van der Waals surface area (Å²) in [7, 11) is 0. The number of nitrogens with one attached hydrogen (secondary N) is 1. The number of rotatable bonds is 6. The van der Waals surface area contributed by atoms with Crippen LogP contribution in [0.1, 0.15) is 55.6 Å². The van der Waals surface area contributed by atoms with Gasteiger partial charge in [0.2, 0.25) is 5.91 Å². The van der Waals surface area contributed by atoms with E-state index in [-0.39, 0.29) is 12.0 Å². The highest BCUT2D eigenvalue weighted by molar-refractivity contribution is 6.30. The zero-order valence-corrected chi connectivity index (χ0v) is 18.0. The Kier molecular flexibility index (Phi) is 6.68. The van der Waals surface area contributed by atoms with Crippen molar-refractivity contribution in [1.29, 1.82) is 0 Å². The van der Waals surface area contributed by atoms with E-state index < -0.39 is 24.2 Å². The van der Waals surface area contributed by atoms with Crippen molar-refractivity contribution in [1.82, 2.24) is 5.32 Å². The van der Waals surface area contributed by atoms with Gasteiger partial charge in [0.15, 0.2) is 6.61 Å². The Balaban J connectivity index is 1.98. The Morgan fingerprint density at radius 3 is 2.63 bits per heavy atom. The molecule has 0 spiro atoms. The van der Waals surface area contributed by atoms with Gasteiger partial charge in [-0.1, -0.05) is 35.9 Å². The van der Waals surface area contributed by atoms with Crippen LogP contribution in [0.25, 0.3) is 0 Å². The van der Waals surface area contributed by atoms with Gasteiger partial charge in [0.05, 0.1) is 12.2 Å². The van der Waals surface area contributed by atoms with E-state index >= 15 is 0 Å². The normalized spacial score (nSPS) is 23.6. The van der Waals surface area contributed by atoms with Gasteiger partial charge in [-0.2, -0.15) is 0 Å². The molecular weight excluding hydrogens is 406 g/mol. The SMILES string of the molecule is CC(=O)N[C@@]1(C)C[C@@H](c2cccc(Cl)c2)O[C@@H](c2ccc(C)cc2OCC(=O)O)C1. The Morgan fingerprint density at radius 1 is 1.23 bits per heavy atom. The fraction of sp³-hybridized carbons (Fsp3) is 0.391. The quantitative estimate of drug-likeness (QED) is 0.698. The third kappa shape index (κ3) is 5.52. The molecule has 3 rings (SSSR count). The van der Waals surface area contributed by atoms with E-state index in [2.05, 4.69) is 5.32 Å². The smallest absolute Gasteiger partial charge is 0.341 e. The lowest BCUT2D eigenvalue weighted by Crippen LogP contribution is -2.50. The summed E-state index contributed by atoms with van der Waals surface area (Å²) in [6.07, 6.45) is 0.411. The molecule has 0 saturated carbocycles. The van der Waals surface area contributed by atoms with Gasteiger partial charge in [0.1, 0.15) is 5.75 Å². The second-order valence-electron chi connectivity index (χ2n) is 8.04. The van der Waals surface area contributed by atoms with Gasteiger partial charge in [-0.05, 0) is 43.2 Å². The highest BCUT2D eigenvalue weighted by atomic mass is 35.5. The summed E-state index contributed by atoms with van der Waals surface area (Å²) in [6, 6.07) is 13.1. The van der Waals surface area contributed by atoms with Crippen molar-refractivity contribution in [3.63, 3.8) is 0 Å². The molecule has 2 N–H and O–H groups in total. The molecule has 2 aromatic rings. The standard InChI is InChI=1S/C23H26ClNO5/c1-14-7-8-18(19(9-14)29-13-22(27)28)21-12-23(3,25-15(2)26)11-20(30-21)16-5-4-6-17(24)10-16/h4-10,20-21H,11-13H2,1-3H3,(H,25,26)(H,27,28)/t20-,21+,23-/m0/s1. The molecule has 1 heterocycles. The number of ether oxygens (including phenoxy) is 2. The molecule has 0 bridgehead atoms. The monoisotopic (exact) mass is 431 g/mol. The first kappa shape index (κ1) is 22.1. The molecule has 0 aromatic heterocycles. The van der Waals surface area contributed by atoms with Crippen LogP contribution in [0.15, 0.2) is 42.5 Å². The van der Waals surface area contributed by atoms with Gasteiger partial charge in [-0.15, -0.1) is 0 Å². The van der Waals surface area contributed by atoms with Crippen molar-refractivity contribution in [3.05, 3.63) is 64.2 Å².